The number of aldehydes is 1. The number of nitriles is 1. The summed E-state index contributed by atoms with van der Waals surface area (Å²) in [7, 11) is 0. The van der Waals surface area contributed by atoms with Crippen LogP contribution < -0.4 is 0 Å². The number of carbonyl (C=O) groups excluding carboxylic acids is 1. The highest BCUT2D eigenvalue weighted by molar-refractivity contribution is 5.92. The van der Waals surface area contributed by atoms with Gasteiger partial charge in [0.25, 0.3) is 0 Å². The number of hydrogen-bond acceptors (Lipinski definition) is 2. The Kier molecular flexibility index (Phi) is 3.06. The zero-order chi connectivity index (χ0) is 13.9. The Labute approximate surface area is 116 Å². The van der Waals surface area contributed by atoms with E-state index in [2.05, 4.69) is 11.1 Å². The zero-order valence-corrected chi connectivity index (χ0v) is 10.8. The molecule has 0 saturated heterocycles. The summed E-state index contributed by atoms with van der Waals surface area (Å²) in [6.07, 6.45) is 1.41. The van der Waals surface area contributed by atoms with E-state index in [4.69, 9.17) is 5.26 Å². The Morgan fingerprint density at radius 3 is 2.65 bits per heavy atom. The molecule has 0 amide bonds. The van der Waals surface area contributed by atoms with Crippen molar-refractivity contribution in [2.24, 2.45) is 0 Å². The maximum atomic E-state index is 11.2. The first-order valence-corrected chi connectivity index (χ1v) is 6.36. The number of para-hydroxylation sites is 1. The molecule has 0 unspecified atom stereocenters. The molecule has 0 atom stereocenters. The van der Waals surface area contributed by atoms with Crippen LogP contribution in [0.3, 0.4) is 0 Å². The first-order chi connectivity index (χ1) is 9.83. The van der Waals surface area contributed by atoms with E-state index in [1.54, 1.807) is 6.07 Å². The molecule has 0 radical (unpaired) electrons. The molecule has 3 nitrogen and oxygen atoms in total. The number of nitrogens with zero attached hydrogens (tertiary/aromatic N) is 1. The van der Waals surface area contributed by atoms with Crippen LogP contribution in [0.25, 0.3) is 10.9 Å². The van der Waals surface area contributed by atoms with Crippen LogP contribution in [0.5, 0.6) is 0 Å². The lowest BCUT2D eigenvalue weighted by molar-refractivity contribution is 0.111. The van der Waals surface area contributed by atoms with Crippen molar-refractivity contribution in [1.29, 1.82) is 5.26 Å². The highest BCUT2D eigenvalue weighted by Crippen LogP contribution is 2.25. The van der Waals surface area contributed by atoms with E-state index < -0.39 is 0 Å². The van der Waals surface area contributed by atoms with Crippen molar-refractivity contribution in [2.45, 2.75) is 6.42 Å². The largest absolute Gasteiger partial charge is 0.352 e. The minimum atomic E-state index is 0.571. The van der Waals surface area contributed by atoms with Crippen LogP contribution in [0.15, 0.2) is 48.5 Å². The van der Waals surface area contributed by atoms with Crippen LogP contribution in [-0.4, -0.2) is 11.3 Å². The normalized spacial score (nSPS) is 10.3. The average molecular weight is 260 g/mol. The fourth-order valence-electron chi connectivity index (χ4n) is 2.49. The van der Waals surface area contributed by atoms with Gasteiger partial charge >= 0.3 is 0 Å². The van der Waals surface area contributed by atoms with Gasteiger partial charge in [-0.1, -0.05) is 36.4 Å². The highest BCUT2D eigenvalue weighted by atomic mass is 16.1. The summed E-state index contributed by atoms with van der Waals surface area (Å²) < 4.78 is 0. The number of hydrogen-bond donors (Lipinski definition) is 1. The summed E-state index contributed by atoms with van der Waals surface area (Å²) in [6.45, 7) is 0. The fourth-order valence-corrected chi connectivity index (χ4v) is 2.49. The van der Waals surface area contributed by atoms with Crippen molar-refractivity contribution in [3.8, 4) is 6.07 Å². The number of H-pyrrole nitrogens is 1. The number of rotatable bonds is 3. The topological polar surface area (TPSA) is 56.6 Å². The minimum Gasteiger partial charge on any atom is -0.352 e. The molecule has 0 bridgehead atoms. The van der Waals surface area contributed by atoms with Crippen molar-refractivity contribution < 1.29 is 4.79 Å². The molecular weight excluding hydrogens is 248 g/mol. The molecule has 0 aliphatic carbocycles. The summed E-state index contributed by atoms with van der Waals surface area (Å²) in [5, 5.41) is 10.2. The number of nitrogens with one attached hydrogen (secondary N) is 1. The van der Waals surface area contributed by atoms with Gasteiger partial charge in [0.05, 0.1) is 17.3 Å². The van der Waals surface area contributed by atoms with Gasteiger partial charge in [-0.25, -0.2) is 0 Å². The maximum absolute atomic E-state index is 11.2. The third-order valence-corrected chi connectivity index (χ3v) is 3.47. The second kappa shape index (κ2) is 5.02. The molecule has 0 spiro atoms. The van der Waals surface area contributed by atoms with Crippen molar-refractivity contribution in [2.75, 3.05) is 0 Å². The second-order valence-electron chi connectivity index (χ2n) is 4.63. The van der Waals surface area contributed by atoms with E-state index in [-0.39, 0.29) is 0 Å². The number of fused-ring (bicyclic) bond motifs is 1. The third kappa shape index (κ3) is 1.98. The monoisotopic (exact) mass is 260 g/mol. The van der Waals surface area contributed by atoms with Crippen molar-refractivity contribution in [1.82, 2.24) is 4.98 Å². The molecule has 2 aromatic carbocycles. The van der Waals surface area contributed by atoms with Gasteiger partial charge in [0, 0.05) is 17.3 Å². The van der Waals surface area contributed by atoms with Crippen LogP contribution in [0.2, 0.25) is 0 Å². The van der Waals surface area contributed by atoms with Crippen molar-refractivity contribution >= 4 is 17.2 Å². The minimum absolute atomic E-state index is 0.571. The first-order valence-electron chi connectivity index (χ1n) is 6.36. The molecule has 1 heterocycles. The molecule has 3 rings (SSSR count). The number of carbonyl (C=O) groups is 1. The van der Waals surface area contributed by atoms with Gasteiger partial charge in [0.2, 0.25) is 0 Å². The molecule has 1 aromatic heterocycles. The van der Waals surface area contributed by atoms with Gasteiger partial charge < -0.3 is 4.98 Å². The lowest BCUT2D eigenvalue weighted by Gasteiger charge is -2.04. The van der Waals surface area contributed by atoms with E-state index in [1.807, 2.05) is 42.5 Å². The van der Waals surface area contributed by atoms with Gasteiger partial charge in [0.1, 0.15) is 0 Å². The molecule has 0 fully saturated rings. The average Bonchev–Trinajstić information content (AvgIpc) is 2.86. The summed E-state index contributed by atoms with van der Waals surface area (Å²) in [5.74, 6) is 0. The lowest BCUT2D eigenvalue weighted by atomic mass is 9.98. The predicted octanol–water partition coefficient (Wildman–Crippen LogP) is 3.44. The highest BCUT2D eigenvalue weighted by Gasteiger charge is 2.12. The Balaban J connectivity index is 2.15. The second-order valence-corrected chi connectivity index (χ2v) is 4.63. The Hall–Kier alpha value is -2.86. The third-order valence-electron chi connectivity index (χ3n) is 3.47. The summed E-state index contributed by atoms with van der Waals surface area (Å²) in [4.78, 5) is 14.4. The standard InChI is InChI=1S/C17H12N2O/c18-10-13-6-2-1-5-12(13)9-15-14-7-3-4-8-16(14)19-17(15)11-20/h1-8,11,19H,9H2. The van der Waals surface area contributed by atoms with Crippen LogP contribution in [0.4, 0.5) is 0 Å². The SMILES string of the molecule is N#Cc1ccccc1Cc1c(C=O)[nH]c2ccccc12. The quantitative estimate of drug-likeness (QED) is 0.733. The van der Waals surface area contributed by atoms with E-state index in [0.29, 0.717) is 17.7 Å². The van der Waals surface area contributed by atoms with Crippen LogP contribution in [0.1, 0.15) is 27.2 Å². The summed E-state index contributed by atoms with van der Waals surface area (Å²) in [5.41, 5.74) is 4.05. The number of aromatic nitrogens is 1. The molecule has 0 aliphatic heterocycles. The Bertz CT molecular complexity index is 824. The number of aromatic amines is 1. The fraction of sp³-hybridized carbons (Fsp3) is 0.0588. The van der Waals surface area contributed by atoms with Crippen molar-refractivity contribution in [3.63, 3.8) is 0 Å². The molecule has 0 aliphatic rings. The van der Waals surface area contributed by atoms with Gasteiger partial charge in [-0.3, -0.25) is 4.79 Å². The van der Waals surface area contributed by atoms with E-state index in [1.165, 1.54) is 0 Å². The molecule has 3 aromatic rings. The first kappa shape index (κ1) is 12.2. The lowest BCUT2D eigenvalue weighted by Crippen LogP contribution is -1.95. The smallest absolute Gasteiger partial charge is 0.166 e. The summed E-state index contributed by atoms with van der Waals surface area (Å²) in [6, 6.07) is 17.5. The predicted molar refractivity (Wildman–Crippen MR) is 77.6 cm³/mol. The molecule has 96 valence electrons. The van der Waals surface area contributed by atoms with Gasteiger partial charge in [-0.2, -0.15) is 5.26 Å². The van der Waals surface area contributed by atoms with E-state index in [9.17, 15) is 4.79 Å². The molecule has 1 N–H and O–H groups in total. The van der Waals surface area contributed by atoms with Crippen molar-refractivity contribution in [3.05, 3.63) is 70.9 Å². The Morgan fingerprint density at radius 1 is 1.10 bits per heavy atom. The van der Waals surface area contributed by atoms with Crippen LogP contribution in [0, 0.1) is 11.3 Å². The van der Waals surface area contributed by atoms with Crippen LogP contribution in [-0.2, 0) is 6.42 Å². The van der Waals surface area contributed by atoms with E-state index >= 15 is 0 Å². The van der Waals surface area contributed by atoms with Crippen LogP contribution >= 0.6 is 0 Å². The maximum Gasteiger partial charge on any atom is 0.166 e. The van der Waals surface area contributed by atoms with Gasteiger partial charge in [-0.15, -0.1) is 0 Å². The molecular formula is C17H12N2O. The zero-order valence-electron chi connectivity index (χ0n) is 10.8. The molecule has 3 heteroatoms. The molecule has 20 heavy (non-hydrogen) atoms. The summed E-state index contributed by atoms with van der Waals surface area (Å²) >= 11 is 0. The Morgan fingerprint density at radius 2 is 1.85 bits per heavy atom. The number of benzene rings is 2. The molecule has 0 saturated carbocycles. The van der Waals surface area contributed by atoms with E-state index in [0.717, 1.165) is 28.3 Å². The van der Waals surface area contributed by atoms with Gasteiger partial charge in [-0.05, 0) is 23.3 Å². The van der Waals surface area contributed by atoms with Gasteiger partial charge in [0.15, 0.2) is 6.29 Å².